The Bertz CT molecular complexity index is 200. The van der Waals surface area contributed by atoms with Crippen molar-refractivity contribution in [2.24, 2.45) is 0 Å². The summed E-state index contributed by atoms with van der Waals surface area (Å²) in [6.07, 6.45) is 7.21. The monoisotopic (exact) mass is 227 g/mol. The Morgan fingerprint density at radius 3 is 2.62 bits per heavy atom. The Balaban J connectivity index is 1.80. The van der Waals surface area contributed by atoms with Gasteiger partial charge in [-0.25, -0.2) is 0 Å². The van der Waals surface area contributed by atoms with Crippen molar-refractivity contribution in [1.82, 2.24) is 4.90 Å². The largest absolute Gasteiger partial charge is 0.393 e. The second-order valence-corrected chi connectivity index (χ2v) is 5.18. The number of likely N-dealkylation sites (tertiary alicyclic amines) is 1. The molecule has 0 radical (unpaired) electrons. The van der Waals surface area contributed by atoms with Crippen molar-refractivity contribution >= 4 is 0 Å². The van der Waals surface area contributed by atoms with Gasteiger partial charge in [0, 0.05) is 19.2 Å². The third kappa shape index (κ3) is 3.19. The molecule has 3 nitrogen and oxygen atoms in total. The summed E-state index contributed by atoms with van der Waals surface area (Å²) in [5, 5.41) is 9.52. The van der Waals surface area contributed by atoms with Gasteiger partial charge in [-0.2, -0.15) is 0 Å². The number of nitrogens with zero attached hydrogens (tertiary/aromatic N) is 1. The molecule has 1 aliphatic heterocycles. The first kappa shape index (κ1) is 12.3. The van der Waals surface area contributed by atoms with Crippen LogP contribution in [0.25, 0.3) is 0 Å². The molecule has 0 bridgehead atoms. The molecule has 1 aliphatic carbocycles. The zero-order chi connectivity index (χ0) is 11.4. The molecule has 0 aromatic heterocycles. The fourth-order valence-electron chi connectivity index (χ4n) is 3.09. The summed E-state index contributed by atoms with van der Waals surface area (Å²) in [7, 11) is 0. The van der Waals surface area contributed by atoms with E-state index in [9.17, 15) is 5.11 Å². The van der Waals surface area contributed by atoms with E-state index in [1.165, 1.54) is 32.2 Å². The van der Waals surface area contributed by atoms with Gasteiger partial charge >= 0.3 is 0 Å². The second kappa shape index (κ2) is 5.99. The van der Waals surface area contributed by atoms with Gasteiger partial charge in [0.25, 0.3) is 0 Å². The zero-order valence-electron chi connectivity index (χ0n) is 10.4. The topological polar surface area (TPSA) is 32.7 Å². The van der Waals surface area contributed by atoms with Crippen LogP contribution >= 0.6 is 0 Å². The minimum Gasteiger partial charge on any atom is -0.393 e. The molecule has 1 heterocycles. The van der Waals surface area contributed by atoms with Crippen molar-refractivity contribution in [2.75, 3.05) is 19.7 Å². The number of ether oxygens (including phenoxy) is 1. The van der Waals surface area contributed by atoms with Crippen molar-refractivity contribution in [3.05, 3.63) is 0 Å². The predicted molar refractivity (Wildman–Crippen MR) is 64.5 cm³/mol. The third-order valence-corrected chi connectivity index (χ3v) is 3.99. The van der Waals surface area contributed by atoms with E-state index in [4.69, 9.17) is 4.74 Å². The standard InChI is InChI=1S/C13H25NO2/c1-2-16-13-4-3-9-14(10-13)11-5-7-12(15)8-6-11/h11-13,15H,2-10H2,1H3. The van der Waals surface area contributed by atoms with E-state index in [2.05, 4.69) is 11.8 Å². The van der Waals surface area contributed by atoms with Crippen molar-refractivity contribution in [3.63, 3.8) is 0 Å². The summed E-state index contributed by atoms with van der Waals surface area (Å²) in [5.41, 5.74) is 0. The molecule has 1 atom stereocenters. The number of piperidine rings is 1. The first-order valence-corrected chi connectivity index (χ1v) is 6.83. The van der Waals surface area contributed by atoms with Crippen LogP contribution < -0.4 is 0 Å². The summed E-state index contributed by atoms with van der Waals surface area (Å²) < 4.78 is 5.73. The van der Waals surface area contributed by atoms with Crippen molar-refractivity contribution in [3.8, 4) is 0 Å². The van der Waals surface area contributed by atoms with Crippen LogP contribution in [0.4, 0.5) is 0 Å². The molecule has 2 fully saturated rings. The van der Waals surface area contributed by atoms with Crippen LogP contribution in [0, 0.1) is 0 Å². The highest BCUT2D eigenvalue weighted by Gasteiger charge is 2.28. The van der Waals surface area contributed by atoms with Gasteiger partial charge in [-0.1, -0.05) is 0 Å². The quantitative estimate of drug-likeness (QED) is 0.798. The van der Waals surface area contributed by atoms with Gasteiger partial charge in [0.05, 0.1) is 12.2 Å². The SMILES string of the molecule is CCOC1CCCN(C2CCC(O)CC2)C1. The lowest BCUT2D eigenvalue weighted by atomic mass is 9.90. The van der Waals surface area contributed by atoms with Crippen LogP contribution in [-0.4, -0.2) is 48.0 Å². The van der Waals surface area contributed by atoms with E-state index in [0.717, 1.165) is 26.0 Å². The van der Waals surface area contributed by atoms with E-state index >= 15 is 0 Å². The maximum absolute atomic E-state index is 9.52. The maximum Gasteiger partial charge on any atom is 0.0702 e. The van der Waals surface area contributed by atoms with Crippen LogP contribution in [0.3, 0.4) is 0 Å². The molecule has 2 aliphatic rings. The van der Waals surface area contributed by atoms with Gasteiger partial charge in [0.15, 0.2) is 0 Å². The number of rotatable bonds is 3. The second-order valence-electron chi connectivity index (χ2n) is 5.18. The highest BCUT2D eigenvalue weighted by molar-refractivity contribution is 4.83. The van der Waals surface area contributed by atoms with E-state index in [0.29, 0.717) is 12.1 Å². The van der Waals surface area contributed by atoms with E-state index < -0.39 is 0 Å². The van der Waals surface area contributed by atoms with Gasteiger partial charge < -0.3 is 9.84 Å². The number of hydrogen-bond acceptors (Lipinski definition) is 3. The summed E-state index contributed by atoms with van der Waals surface area (Å²) in [5.74, 6) is 0. The highest BCUT2D eigenvalue weighted by Crippen LogP contribution is 2.26. The zero-order valence-corrected chi connectivity index (χ0v) is 10.4. The smallest absolute Gasteiger partial charge is 0.0702 e. The van der Waals surface area contributed by atoms with Crippen molar-refractivity contribution in [2.45, 2.75) is 63.7 Å². The summed E-state index contributed by atoms with van der Waals surface area (Å²) in [6, 6.07) is 0.701. The van der Waals surface area contributed by atoms with Gasteiger partial charge in [0.1, 0.15) is 0 Å². The summed E-state index contributed by atoms with van der Waals surface area (Å²) in [4.78, 5) is 2.59. The van der Waals surface area contributed by atoms with E-state index in [-0.39, 0.29) is 6.10 Å². The lowest BCUT2D eigenvalue weighted by molar-refractivity contribution is -0.0195. The lowest BCUT2D eigenvalue weighted by Crippen LogP contribution is -2.47. The molecular weight excluding hydrogens is 202 g/mol. The van der Waals surface area contributed by atoms with E-state index in [1.807, 2.05) is 0 Å². The Hall–Kier alpha value is -0.120. The molecule has 0 aromatic rings. The molecular formula is C13H25NO2. The maximum atomic E-state index is 9.52. The molecule has 1 unspecified atom stereocenters. The Labute approximate surface area is 98.8 Å². The number of aliphatic hydroxyl groups excluding tert-OH is 1. The lowest BCUT2D eigenvalue weighted by Gasteiger charge is -2.40. The summed E-state index contributed by atoms with van der Waals surface area (Å²) in [6.45, 7) is 5.25. The molecule has 16 heavy (non-hydrogen) atoms. The molecule has 2 rings (SSSR count). The molecule has 1 saturated heterocycles. The fraction of sp³-hybridized carbons (Fsp3) is 1.00. The highest BCUT2D eigenvalue weighted by atomic mass is 16.5. The van der Waals surface area contributed by atoms with Crippen molar-refractivity contribution < 1.29 is 9.84 Å². The Morgan fingerprint density at radius 2 is 1.94 bits per heavy atom. The first-order valence-electron chi connectivity index (χ1n) is 6.83. The predicted octanol–water partition coefficient (Wildman–Crippen LogP) is 1.79. The molecule has 1 saturated carbocycles. The minimum atomic E-state index is -0.0382. The number of hydrogen-bond donors (Lipinski definition) is 1. The van der Waals surface area contributed by atoms with Gasteiger partial charge in [-0.15, -0.1) is 0 Å². The van der Waals surface area contributed by atoms with Crippen LogP contribution in [0.1, 0.15) is 45.4 Å². The first-order chi connectivity index (χ1) is 7.79. The summed E-state index contributed by atoms with van der Waals surface area (Å²) >= 11 is 0. The average Bonchev–Trinajstić information content (AvgIpc) is 2.31. The molecule has 94 valence electrons. The van der Waals surface area contributed by atoms with Crippen LogP contribution in [0.15, 0.2) is 0 Å². The third-order valence-electron chi connectivity index (χ3n) is 3.99. The minimum absolute atomic E-state index is 0.0382. The molecule has 1 N–H and O–H groups in total. The fourth-order valence-corrected chi connectivity index (χ4v) is 3.09. The van der Waals surface area contributed by atoms with Crippen LogP contribution in [0.2, 0.25) is 0 Å². The van der Waals surface area contributed by atoms with Crippen LogP contribution in [-0.2, 0) is 4.74 Å². The molecule has 3 heteroatoms. The van der Waals surface area contributed by atoms with Crippen molar-refractivity contribution in [1.29, 1.82) is 0 Å². The number of aliphatic hydroxyl groups is 1. The van der Waals surface area contributed by atoms with E-state index in [1.54, 1.807) is 0 Å². The van der Waals surface area contributed by atoms with Gasteiger partial charge in [-0.05, 0) is 52.0 Å². The Kier molecular flexibility index (Phi) is 4.62. The molecule has 0 spiro atoms. The van der Waals surface area contributed by atoms with Gasteiger partial charge in [0.2, 0.25) is 0 Å². The van der Waals surface area contributed by atoms with Crippen LogP contribution in [0.5, 0.6) is 0 Å². The Morgan fingerprint density at radius 1 is 1.19 bits per heavy atom. The molecule has 0 aromatic carbocycles. The van der Waals surface area contributed by atoms with Gasteiger partial charge in [-0.3, -0.25) is 4.90 Å². The normalized spacial score (nSPS) is 37.5. The average molecular weight is 227 g/mol. The molecule has 0 amide bonds.